The molecule has 2 heterocycles. The molecule has 0 radical (unpaired) electrons. The Morgan fingerprint density at radius 2 is 2.18 bits per heavy atom. The highest BCUT2D eigenvalue weighted by atomic mass is 16.5. The van der Waals surface area contributed by atoms with Crippen molar-refractivity contribution in [2.75, 3.05) is 13.1 Å². The largest absolute Gasteiger partial charge is 0.481 e. The Bertz CT molecular complexity index is 627. The van der Waals surface area contributed by atoms with E-state index < -0.39 is 5.97 Å². The molecule has 6 nitrogen and oxygen atoms in total. The first-order valence-corrected chi connectivity index (χ1v) is 7.51. The first-order chi connectivity index (χ1) is 10.7. The number of carbonyl (C=O) groups is 1. The first-order valence-electron chi connectivity index (χ1n) is 7.51. The van der Waals surface area contributed by atoms with Crippen LogP contribution in [0.15, 0.2) is 34.9 Å². The molecule has 1 aromatic carbocycles. The lowest BCUT2D eigenvalue weighted by Gasteiger charge is -2.29. The Labute approximate surface area is 128 Å². The molecule has 1 aliphatic rings. The van der Waals surface area contributed by atoms with Crippen molar-refractivity contribution < 1.29 is 14.4 Å². The second kappa shape index (κ2) is 6.70. The van der Waals surface area contributed by atoms with Gasteiger partial charge in [-0.15, -0.1) is 0 Å². The van der Waals surface area contributed by atoms with Crippen LogP contribution in [0.2, 0.25) is 0 Å². The topological polar surface area (TPSA) is 79.5 Å². The summed E-state index contributed by atoms with van der Waals surface area (Å²) in [5.74, 6) is 0.199. The smallest absolute Gasteiger partial charge is 0.307 e. The van der Waals surface area contributed by atoms with E-state index >= 15 is 0 Å². The van der Waals surface area contributed by atoms with Crippen molar-refractivity contribution in [3.8, 4) is 0 Å². The van der Waals surface area contributed by atoms with Gasteiger partial charge in [-0.05, 0) is 24.9 Å². The number of nitrogens with zero attached hydrogens (tertiary/aromatic N) is 3. The molecule has 1 aromatic heterocycles. The predicted molar refractivity (Wildman–Crippen MR) is 79.2 cm³/mol. The molecule has 1 N–H and O–H groups in total. The fourth-order valence-electron chi connectivity index (χ4n) is 2.80. The first kappa shape index (κ1) is 14.7. The van der Waals surface area contributed by atoms with Crippen LogP contribution in [0.5, 0.6) is 0 Å². The van der Waals surface area contributed by atoms with Crippen molar-refractivity contribution in [1.29, 1.82) is 0 Å². The van der Waals surface area contributed by atoms with Gasteiger partial charge in [0, 0.05) is 13.0 Å². The monoisotopic (exact) mass is 301 g/mol. The molecule has 6 heteroatoms. The number of aliphatic carboxylic acids is 1. The number of carboxylic acid groups (broad SMARTS) is 1. The van der Waals surface area contributed by atoms with E-state index in [9.17, 15) is 4.79 Å². The summed E-state index contributed by atoms with van der Waals surface area (Å²) < 4.78 is 5.29. The Balaban J connectivity index is 1.58. The third-order valence-corrected chi connectivity index (χ3v) is 3.93. The maximum Gasteiger partial charge on any atom is 0.307 e. The van der Waals surface area contributed by atoms with Gasteiger partial charge >= 0.3 is 5.97 Å². The molecule has 1 saturated heterocycles. The molecule has 3 rings (SSSR count). The molecule has 1 unspecified atom stereocenters. The summed E-state index contributed by atoms with van der Waals surface area (Å²) in [6.45, 7) is 1.94. The van der Waals surface area contributed by atoms with E-state index in [1.54, 1.807) is 0 Å². The number of piperidine rings is 1. The number of rotatable bonds is 5. The Morgan fingerprint density at radius 3 is 2.95 bits per heavy atom. The minimum atomic E-state index is -0.722. The van der Waals surface area contributed by atoms with E-state index in [0.717, 1.165) is 24.9 Å². The van der Waals surface area contributed by atoms with Crippen molar-refractivity contribution in [3.63, 3.8) is 0 Å². The summed E-state index contributed by atoms with van der Waals surface area (Å²) in [4.78, 5) is 17.6. The summed E-state index contributed by atoms with van der Waals surface area (Å²) >= 11 is 0. The summed E-state index contributed by atoms with van der Waals surface area (Å²) in [5, 5.41) is 13.1. The van der Waals surface area contributed by atoms with Crippen LogP contribution in [-0.4, -0.2) is 39.2 Å². The molecule has 0 bridgehead atoms. The van der Waals surface area contributed by atoms with Crippen molar-refractivity contribution in [1.82, 2.24) is 15.0 Å². The van der Waals surface area contributed by atoms with Crippen molar-refractivity contribution in [2.24, 2.45) is 5.92 Å². The minimum absolute atomic E-state index is 0.291. The van der Waals surface area contributed by atoms with Gasteiger partial charge in [0.05, 0.1) is 12.5 Å². The van der Waals surface area contributed by atoms with Gasteiger partial charge in [0.2, 0.25) is 5.89 Å². The van der Waals surface area contributed by atoms with Gasteiger partial charge in [0.1, 0.15) is 0 Å². The average Bonchev–Trinajstić information content (AvgIpc) is 2.95. The summed E-state index contributed by atoms with van der Waals surface area (Å²) in [5.41, 5.74) is 1.14. The number of hydrogen-bond acceptors (Lipinski definition) is 5. The quantitative estimate of drug-likeness (QED) is 0.909. The molecular formula is C16H19N3O3. The molecule has 0 aliphatic carbocycles. The lowest BCUT2D eigenvalue weighted by molar-refractivity contribution is -0.143. The van der Waals surface area contributed by atoms with Crippen LogP contribution in [0.1, 0.15) is 30.1 Å². The lowest BCUT2D eigenvalue weighted by Crippen LogP contribution is -2.38. The van der Waals surface area contributed by atoms with Crippen LogP contribution in [0.4, 0.5) is 0 Å². The van der Waals surface area contributed by atoms with E-state index in [1.807, 2.05) is 30.3 Å². The van der Waals surface area contributed by atoms with E-state index in [4.69, 9.17) is 9.63 Å². The summed E-state index contributed by atoms with van der Waals surface area (Å²) in [6, 6.07) is 9.99. The SMILES string of the molecule is O=C(O)C1CCCN(Cc2nc(Cc3ccccc3)no2)C1. The van der Waals surface area contributed by atoms with E-state index in [2.05, 4.69) is 15.0 Å². The standard InChI is InChI=1S/C16H19N3O3/c20-16(21)13-7-4-8-19(10-13)11-15-17-14(18-22-15)9-12-5-2-1-3-6-12/h1-3,5-6,13H,4,7-11H2,(H,20,21). The zero-order valence-corrected chi connectivity index (χ0v) is 12.3. The fourth-order valence-corrected chi connectivity index (χ4v) is 2.80. The molecule has 2 aromatic rings. The maximum atomic E-state index is 11.1. The van der Waals surface area contributed by atoms with E-state index in [0.29, 0.717) is 31.2 Å². The molecule has 22 heavy (non-hydrogen) atoms. The minimum Gasteiger partial charge on any atom is -0.481 e. The molecule has 1 aliphatic heterocycles. The van der Waals surface area contributed by atoms with Crippen LogP contribution in [0.25, 0.3) is 0 Å². The highest BCUT2D eigenvalue weighted by Gasteiger charge is 2.26. The Morgan fingerprint density at radius 1 is 1.36 bits per heavy atom. The predicted octanol–water partition coefficient (Wildman–Crippen LogP) is 1.96. The Kier molecular flexibility index (Phi) is 4.48. The zero-order chi connectivity index (χ0) is 15.4. The van der Waals surface area contributed by atoms with Gasteiger partial charge in [0.15, 0.2) is 5.82 Å². The third kappa shape index (κ3) is 3.71. The van der Waals surface area contributed by atoms with Gasteiger partial charge in [-0.1, -0.05) is 35.5 Å². The lowest BCUT2D eigenvalue weighted by atomic mass is 9.98. The number of likely N-dealkylation sites (tertiary alicyclic amines) is 1. The van der Waals surface area contributed by atoms with Crippen LogP contribution in [0, 0.1) is 5.92 Å². The second-order valence-electron chi connectivity index (χ2n) is 5.68. The van der Waals surface area contributed by atoms with Crippen LogP contribution in [-0.2, 0) is 17.8 Å². The molecule has 0 spiro atoms. The average molecular weight is 301 g/mol. The third-order valence-electron chi connectivity index (χ3n) is 3.93. The Hall–Kier alpha value is -2.21. The summed E-state index contributed by atoms with van der Waals surface area (Å²) in [7, 11) is 0. The van der Waals surface area contributed by atoms with Gasteiger partial charge in [-0.2, -0.15) is 4.98 Å². The number of hydrogen-bond donors (Lipinski definition) is 1. The molecule has 1 atom stereocenters. The van der Waals surface area contributed by atoms with Crippen molar-refractivity contribution in [3.05, 3.63) is 47.6 Å². The zero-order valence-electron chi connectivity index (χ0n) is 12.3. The highest BCUT2D eigenvalue weighted by molar-refractivity contribution is 5.70. The molecule has 116 valence electrons. The van der Waals surface area contributed by atoms with Crippen LogP contribution < -0.4 is 0 Å². The number of benzene rings is 1. The molecule has 1 fully saturated rings. The van der Waals surface area contributed by atoms with Gasteiger partial charge in [0.25, 0.3) is 0 Å². The fraction of sp³-hybridized carbons (Fsp3) is 0.438. The number of carboxylic acids is 1. The van der Waals surface area contributed by atoms with Gasteiger partial charge < -0.3 is 9.63 Å². The van der Waals surface area contributed by atoms with Crippen LogP contribution >= 0.6 is 0 Å². The number of aromatic nitrogens is 2. The van der Waals surface area contributed by atoms with Crippen molar-refractivity contribution >= 4 is 5.97 Å². The van der Waals surface area contributed by atoms with Gasteiger partial charge in [-0.25, -0.2) is 0 Å². The second-order valence-corrected chi connectivity index (χ2v) is 5.68. The van der Waals surface area contributed by atoms with Crippen molar-refractivity contribution in [2.45, 2.75) is 25.8 Å². The van der Waals surface area contributed by atoms with E-state index in [1.165, 1.54) is 0 Å². The van der Waals surface area contributed by atoms with Gasteiger partial charge in [-0.3, -0.25) is 9.69 Å². The molecule has 0 amide bonds. The highest BCUT2D eigenvalue weighted by Crippen LogP contribution is 2.18. The molecular weight excluding hydrogens is 282 g/mol. The summed E-state index contributed by atoms with van der Waals surface area (Å²) in [6.07, 6.45) is 2.28. The normalized spacial score (nSPS) is 19.2. The molecule has 0 saturated carbocycles. The van der Waals surface area contributed by atoms with Crippen LogP contribution in [0.3, 0.4) is 0 Å². The van der Waals surface area contributed by atoms with E-state index in [-0.39, 0.29) is 5.92 Å². The maximum absolute atomic E-state index is 11.1.